The van der Waals surface area contributed by atoms with Crippen LogP contribution in [-0.2, 0) is 0 Å². The number of thiophene rings is 2. The molecule has 0 unspecified atom stereocenters. The van der Waals surface area contributed by atoms with Gasteiger partial charge in [-0.3, -0.25) is 0 Å². The average molecular weight is 1400 g/mol. The van der Waals surface area contributed by atoms with Crippen molar-refractivity contribution >= 4 is 85.6 Å². The molecule has 0 radical (unpaired) electrons. The van der Waals surface area contributed by atoms with Crippen LogP contribution in [0.5, 0.6) is 0 Å². The molecule has 0 spiro atoms. The number of hydrogen-bond donors (Lipinski definition) is 0. The molecule has 8 heterocycles. The van der Waals surface area contributed by atoms with E-state index in [1.165, 1.54) is 11.3 Å². The van der Waals surface area contributed by atoms with Crippen molar-refractivity contribution in [1.29, 1.82) is 0 Å². The summed E-state index contributed by atoms with van der Waals surface area (Å²) in [6.45, 7) is 0. The van der Waals surface area contributed by atoms with Crippen LogP contribution in [0.1, 0.15) is 0 Å². The van der Waals surface area contributed by atoms with E-state index in [9.17, 15) is 0 Å². The minimum atomic E-state index is 0.596. The zero-order chi connectivity index (χ0) is 70.3. The Morgan fingerprint density at radius 2 is 0.500 bits per heavy atom. The lowest BCUT2D eigenvalue weighted by atomic mass is 9.99. The van der Waals surface area contributed by atoms with E-state index in [-0.39, 0.29) is 0 Å². The molecule has 20 rings (SSSR count). The molecule has 0 aliphatic heterocycles. The molecule has 0 saturated carbocycles. The lowest BCUT2D eigenvalue weighted by Gasteiger charge is -2.11. The van der Waals surface area contributed by atoms with Crippen molar-refractivity contribution in [3.63, 3.8) is 0 Å². The number of benzene rings is 12. The van der Waals surface area contributed by atoms with E-state index in [0.717, 1.165) is 158 Å². The van der Waals surface area contributed by atoms with Crippen LogP contribution >= 0.6 is 22.7 Å². The van der Waals surface area contributed by atoms with Gasteiger partial charge in [-0.2, -0.15) is 0 Å². The van der Waals surface area contributed by atoms with Gasteiger partial charge in [0.15, 0.2) is 34.9 Å². The zero-order valence-electron chi connectivity index (χ0n) is 56.1. The third-order valence-electron chi connectivity index (χ3n) is 18.6. The molecule has 0 saturated heterocycles. The normalized spacial score (nSPS) is 11.4. The molecule has 0 amide bonds. The highest BCUT2D eigenvalue weighted by Gasteiger charge is 2.22. The molecule has 17 heteroatoms. The Kier molecular flexibility index (Phi) is 16.2. The molecule has 0 bridgehead atoms. The number of hydrogen-bond acceptors (Lipinski definition) is 17. The molecule has 0 atom stereocenters. The highest BCUT2D eigenvalue weighted by Crippen LogP contribution is 2.41. The van der Waals surface area contributed by atoms with Gasteiger partial charge in [-0.05, 0) is 103 Å². The van der Waals surface area contributed by atoms with Crippen molar-refractivity contribution in [1.82, 2.24) is 75.7 Å². The molecular formula is C89H53N15S2. The van der Waals surface area contributed by atoms with Crippen molar-refractivity contribution < 1.29 is 0 Å². The number of rotatable bonds is 12. The van der Waals surface area contributed by atoms with Gasteiger partial charge >= 0.3 is 0 Å². The second-order valence-electron chi connectivity index (χ2n) is 25.3. The Bertz CT molecular complexity index is 6300. The van der Waals surface area contributed by atoms with Gasteiger partial charge < -0.3 is 0 Å². The Morgan fingerprint density at radius 1 is 0.189 bits per heavy atom. The molecule has 20 aromatic rings. The van der Waals surface area contributed by atoms with Crippen LogP contribution < -0.4 is 0 Å². The maximum Gasteiger partial charge on any atom is 0.164 e. The molecule has 12 aromatic carbocycles. The summed E-state index contributed by atoms with van der Waals surface area (Å²) in [6, 6.07) is 109. The number of aromatic nitrogens is 15. The van der Waals surface area contributed by atoms with E-state index in [0.29, 0.717) is 40.5 Å². The Balaban J connectivity index is 0.000000145. The summed E-state index contributed by atoms with van der Waals surface area (Å²) >= 11 is 3.14. The van der Waals surface area contributed by atoms with Crippen molar-refractivity contribution in [3.05, 3.63) is 322 Å². The quantitative estimate of drug-likeness (QED) is 0.112. The van der Waals surface area contributed by atoms with Gasteiger partial charge in [0.05, 0.1) is 25.9 Å². The monoisotopic (exact) mass is 1400 g/mol. The molecule has 15 nitrogen and oxygen atoms in total. The smallest absolute Gasteiger partial charge is 0.164 e. The van der Waals surface area contributed by atoms with Crippen molar-refractivity contribution in [2.24, 2.45) is 0 Å². The van der Waals surface area contributed by atoms with Gasteiger partial charge in [-0.1, -0.05) is 273 Å². The minimum Gasteiger partial charge on any atom is -0.241 e. The largest absolute Gasteiger partial charge is 0.241 e. The minimum absolute atomic E-state index is 0.596. The van der Waals surface area contributed by atoms with E-state index >= 15 is 0 Å². The molecule has 8 aromatic heterocycles. The summed E-state index contributed by atoms with van der Waals surface area (Å²) in [7, 11) is 0. The maximum absolute atomic E-state index is 5.02. The van der Waals surface area contributed by atoms with Crippen LogP contribution in [0.15, 0.2) is 322 Å². The van der Waals surface area contributed by atoms with Gasteiger partial charge in [-0.25, -0.2) is 44.9 Å². The fourth-order valence-corrected chi connectivity index (χ4v) is 15.4. The summed E-state index contributed by atoms with van der Waals surface area (Å²) in [5, 5.41) is 28.3. The highest BCUT2D eigenvalue weighted by molar-refractivity contribution is 7.26. The van der Waals surface area contributed by atoms with Gasteiger partial charge in [0.25, 0.3) is 0 Å². The SMILES string of the molecule is c1ccc(-c2ccc(-c3nc(-c4ccccc4)nc(-c4cccc(-c5cccc(-c6nnnc7c6sc6nc8ccccc8cc67)c5)c4)n3)cc2)cc1.c1ccc(-c2ccc(-c3nc(-c4ccccc4)nc(-c4cccc(-c5cccc(-c6nnnc7c6sc6nc8ccccc8nc67)c5)c4)n3)cc2)cc1. The lowest BCUT2D eigenvalue weighted by Crippen LogP contribution is -2.00. The first-order valence-electron chi connectivity index (χ1n) is 34.3. The molecular weight excluding hydrogens is 1340 g/mol. The van der Waals surface area contributed by atoms with E-state index in [1.807, 2.05) is 164 Å². The number of nitrogens with zero attached hydrogens (tertiary/aromatic N) is 15. The molecule has 0 aliphatic carbocycles. The van der Waals surface area contributed by atoms with Crippen LogP contribution in [0.25, 0.3) is 198 Å². The zero-order valence-corrected chi connectivity index (χ0v) is 57.8. The summed E-state index contributed by atoms with van der Waals surface area (Å²) < 4.78 is 1.87. The van der Waals surface area contributed by atoms with Gasteiger partial charge in [0.2, 0.25) is 0 Å². The van der Waals surface area contributed by atoms with Gasteiger partial charge in [-0.15, -0.1) is 43.1 Å². The lowest BCUT2D eigenvalue weighted by molar-refractivity contribution is 0.904. The van der Waals surface area contributed by atoms with Crippen LogP contribution in [0.3, 0.4) is 0 Å². The van der Waals surface area contributed by atoms with Crippen molar-refractivity contribution in [2.45, 2.75) is 0 Å². The summed E-state index contributed by atoms with van der Waals surface area (Å²) in [4.78, 5) is 46.3. The van der Waals surface area contributed by atoms with Crippen molar-refractivity contribution in [2.75, 3.05) is 0 Å². The first kappa shape index (κ1) is 62.8. The number of para-hydroxylation sites is 3. The molecule has 0 fully saturated rings. The Labute approximate surface area is 614 Å². The van der Waals surface area contributed by atoms with Gasteiger partial charge in [0.1, 0.15) is 37.6 Å². The van der Waals surface area contributed by atoms with Crippen LogP contribution in [0, 0.1) is 0 Å². The average Bonchev–Trinajstić information content (AvgIpc) is 1.61. The molecule has 0 N–H and O–H groups in total. The topological polar surface area (TPSA) is 193 Å². The molecule has 106 heavy (non-hydrogen) atoms. The van der Waals surface area contributed by atoms with Crippen LogP contribution in [-0.4, -0.2) is 75.7 Å². The highest BCUT2D eigenvalue weighted by atomic mass is 32.1. The summed E-state index contributed by atoms with van der Waals surface area (Å²) in [5.74, 6) is 3.67. The second kappa shape index (κ2) is 27.3. The fourth-order valence-electron chi connectivity index (χ4n) is 13.2. The standard InChI is InChI=1S/C45H27N7S.C44H26N8S/c1-3-11-28(12-4-1)29-21-23-31(24-22-29)43-47-42(30-13-5-2-6-14-30)48-44(49-43)36-19-10-17-33(26-36)32-16-9-18-35(25-32)39-41-40(51-52-50-39)37-27-34-15-7-8-20-38(34)46-45(37)53-41;1-3-11-27(12-4-1)28-21-23-30(24-22-28)42-47-41(29-13-5-2-6-14-29)48-43(49-42)34-18-10-16-32(26-34)31-15-9-17-33(25-31)37-40-38(51-52-50-37)39-44(53-40)46-36-20-8-7-19-35(36)45-39/h1-27H;1-26H. The van der Waals surface area contributed by atoms with E-state index in [2.05, 4.69) is 189 Å². The van der Waals surface area contributed by atoms with E-state index in [1.54, 1.807) is 11.3 Å². The molecule has 496 valence electrons. The first-order valence-corrected chi connectivity index (χ1v) is 36.0. The summed E-state index contributed by atoms with van der Waals surface area (Å²) in [6.07, 6.45) is 0. The predicted octanol–water partition coefficient (Wildman–Crippen LogP) is 21.3. The summed E-state index contributed by atoms with van der Waals surface area (Å²) in [5.41, 5.74) is 22.5. The fraction of sp³-hybridized carbons (Fsp3) is 0. The first-order chi connectivity index (χ1) is 52.5. The Morgan fingerprint density at radius 3 is 0.972 bits per heavy atom. The third kappa shape index (κ3) is 12.3. The van der Waals surface area contributed by atoms with E-state index < -0.39 is 0 Å². The van der Waals surface area contributed by atoms with Crippen molar-refractivity contribution in [3.8, 4) is 135 Å². The van der Waals surface area contributed by atoms with E-state index in [4.69, 9.17) is 44.9 Å². The number of pyridine rings is 1. The second-order valence-corrected chi connectivity index (χ2v) is 27.3. The maximum atomic E-state index is 5.02. The predicted molar refractivity (Wildman–Crippen MR) is 426 cm³/mol. The van der Waals surface area contributed by atoms with Crippen LogP contribution in [0.4, 0.5) is 0 Å². The van der Waals surface area contributed by atoms with Gasteiger partial charge in [0, 0.05) is 55.3 Å². The Hall–Kier alpha value is -14.1. The third-order valence-corrected chi connectivity index (χ3v) is 20.7. The van der Waals surface area contributed by atoms with Crippen LogP contribution in [0.2, 0.25) is 0 Å². The molecule has 0 aliphatic rings. The number of fused-ring (bicyclic) bond motifs is 8.